The molecule has 0 saturated heterocycles. The molecule has 0 bridgehead atoms. The predicted molar refractivity (Wildman–Crippen MR) is 170 cm³/mol. The number of amides is 2. The molecule has 5 rings (SSSR count). The number of ether oxygens (including phenoxy) is 3. The third kappa shape index (κ3) is 7.02. The standard InChI is InChI=1S/C34H31ClN4O5/c1-42-28-11-7-10-25(18-28)33(41)38(20-23-8-5-4-6-9-23)22-32(40)37-34-36-29(24-12-14-26(35)15-13-24)21-39(34)27-16-17-30(43-2)31(19-27)44-3/h4-19,21H,20,22H2,1-3H3,(H,36,37,40). The highest BCUT2D eigenvalue weighted by molar-refractivity contribution is 6.30. The molecule has 10 heteroatoms. The highest BCUT2D eigenvalue weighted by atomic mass is 35.5. The summed E-state index contributed by atoms with van der Waals surface area (Å²) in [5.41, 5.74) is 3.39. The molecule has 9 nitrogen and oxygen atoms in total. The van der Waals surface area contributed by atoms with Gasteiger partial charge in [-0.2, -0.15) is 0 Å². The first-order valence-electron chi connectivity index (χ1n) is 13.7. The smallest absolute Gasteiger partial charge is 0.254 e. The molecule has 1 N–H and O–H groups in total. The topological polar surface area (TPSA) is 94.9 Å². The number of anilines is 1. The minimum absolute atomic E-state index is 0.222. The first-order chi connectivity index (χ1) is 21.4. The van der Waals surface area contributed by atoms with Crippen LogP contribution < -0.4 is 19.5 Å². The van der Waals surface area contributed by atoms with Crippen molar-refractivity contribution >= 4 is 29.4 Å². The van der Waals surface area contributed by atoms with E-state index in [-0.39, 0.29) is 24.9 Å². The van der Waals surface area contributed by atoms with E-state index in [9.17, 15) is 9.59 Å². The normalized spacial score (nSPS) is 10.6. The summed E-state index contributed by atoms with van der Waals surface area (Å²) in [5, 5.41) is 3.52. The molecule has 0 unspecified atom stereocenters. The Morgan fingerprint density at radius 2 is 1.59 bits per heavy atom. The number of halogens is 1. The van der Waals surface area contributed by atoms with Gasteiger partial charge in [-0.25, -0.2) is 4.98 Å². The highest BCUT2D eigenvalue weighted by Gasteiger charge is 2.22. The molecule has 0 saturated carbocycles. The molecule has 224 valence electrons. The van der Waals surface area contributed by atoms with E-state index < -0.39 is 5.91 Å². The Bertz CT molecular complexity index is 1760. The van der Waals surface area contributed by atoms with Gasteiger partial charge < -0.3 is 19.1 Å². The molecular formula is C34H31ClN4O5. The fourth-order valence-electron chi connectivity index (χ4n) is 4.68. The van der Waals surface area contributed by atoms with Gasteiger partial charge in [0.2, 0.25) is 11.9 Å². The molecule has 4 aromatic carbocycles. The first-order valence-corrected chi connectivity index (χ1v) is 14.1. The Morgan fingerprint density at radius 3 is 2.30 bits per heavy atom. The zero-order chi connectivity index (χ0) is 31.1. The number of nitrogens with zero attached hydrogens (tertiary/aromatic N) is 3. The number of carbonyl (C=O) groups is 2. The van der Waals surface area contributed by atoms with Crippen LogP contribution in [0, 0.1) is 0 Å². The van der Waals surface area contributed by atoms with E-state index in [1.54, 1.807) is 67.3 Å². The van der Waals surface area contributed by atoms with Crippen LogP contribution in [0.4, 0.5) is 5.95 Å². The number of methoxy groups -OCH3 is 3. The summed E-state index contributed by atoms with van der Waals surface area (Å²) < 4.78 is 18.0. The minimum atomic E-state index is -0.424. The van der Waals surface area contributed by atoms with Gasteiger partial charge in [0.15, 0.2) is 11.5 Å². The highest BCUT2D eigenvalue weighted by Crippen LogP contribution is 2.32. The molecule has 2 amide bonds. The van der Waals surface area contributed by atoms with Crippen molar-refractivity contribution in [3.63, 3.8) is 0 Å². The monoisotopic (exact) mass is 610 g/mol. The van der Waals surface area contributed by atoms with Crippen LogP contribution >= 0.6 is 11.6 Å². The van der Waals surface area contributed by atoms with Crippen molar-refractivity contribution in [2.24, 2.45) is 0 Å². The van der Waals surface area contributed by atoms with Crippen molar-refractivity contribution < 1.29 is 23.8 Å². The molecule has 44 heavy (non-hydrogen) atoms. The lowest BCUT2D eigenvalue weighted by molar-refractivity contribution is -0.117. The third-order valence-electron chi connectivity index (χ3n) is 6.90. The van der Waals surface area contributed by atoms with Crippen LogP contribution in [0.3, 0.4) is 0 Å². The van der Waals surface area contributed by atoms with E-state index in [1.165, 1.54) is 12.0 Å². The van der Waals surface area contributed by atoms with Gasteiger partial charge in [0.1, 0.15) is 12.3 Å². The number of aromatic nitrogens is 2. The summed E-state index contributed by atoms with van der Waals surface area (Å²) in [6.07, 6.45) is 1.81. The number of benzene rings is 4. The first kappa shape index (κ1) is 30.2. The lowest BCUT2D eigenvalue weighted by Crippen LogP contribution is -2.38. The number of hydrogen-bond donors (Lipinski definition) is 1. The van der Waals surface area contributed by atoms with Crippen LogP contribution in [0.1, 0.15) is 15.9 Å². The zero-order valence-corrected chi connectivity index (χ0v) is 25.2. The number of carbonyl (C=O) groups excluding carboxylic acids is 2. The molecule has 0 aliphatic heterocycles. The second-order valence-electron chi connectivity index (χ2n) is 9.79. The largest absolute Gasteiger partial charge is 0.497 e. The molecule has 0 aliphatic carbocycles. The van der Waals surface area contributed by atoms with E-state index in [4.69, 9.17) is 30.8 Å². The van der Waals surface area contributed by atoms with E-state index in [0.29, 0.717) is 39.2 Å². The van der Waals surface area contributed by atoms with Crippen molar-refractivity contribution in [1.29, 1.82) is 0 Å². The van der Waals surface area contributed by atoms with Gasteiger partial charge >= 0.3 is 0 Å². The Kier molecular flexibility index (Phi) is 9.46. The van der Waals surface area contributed by atoms with Gasteiger partial charge in [0.25, 0.3) is 5.91 Å². The SMILES string of the molecule is COc1cccc(C(=O)N(CC(=O)Nc2nc(-c3ccc(Cl)cc3)cn2-c2ccc(OC)c(OC)c2)Cc2ccccc2)c1. The van der Waals surface area contributed by atoms with Crippen molar-refractivity contribution in [3.05, 3.63) is 119 Å². The molecular weight excluding hydrogens is 580 g/mol. The fourth-order valence-corrected chi connectivity index (χ4v) is 4.81. The Labute approximate surface area is 260 Å². The average Bonchev–Trinajstić information content (AvgIpc) is 3.47. The van der Waals surface area contributed by atoms with Gasteiger partial charge in [-0.05, 0) is 48.0 Å². The lowest BCUT2D eigenvalue weighted by atomic mass is 10.1. The van der Waals surface area contributed by atoms with Crippen molar-refractivity contribution in [2.45, 2.75) is 6.54 Å². The number of hydrogen-bond acceptors (Lipinski definition) is 6. The van der Waals surface area contributed by atoms with Crippen molar-refractivity contribution in [1.82, 2.24) is 14.5 Å². The van der Waals surface area contributed by atoms with Gasteiger partial charge in [-0.15, -0.1) is 0 Å². The minimum Gasteiger partial charge on any atom is -0.497 e. The summed E-state index contributed by atoms with van der Waals surface area (Å²) in [6, 6.07) is 29.0. The summed E-state index contributed by atoms with van der Waals surface area (Å²) in [6.45, 7) is 0.00442. The van der Waals surface area contributed by atoms with Crippen LogP contribution in [-0.2, 0) is 11.3 Å². The second-order valence-corrected chi connectivity index (χ2v) is 10.2. The maximum atomic E-state index is 13.7. The zero-order valence-electron chi connectivity index (χ0n) is 24.5. The number of nitrogens with one attached hydrogen (secondary N) is 1. The lowest BCUT2D eigenvalue weighted by Gasteiger charge is -2.23. The van der Waals surface area contributed by atoms with Crippen LogP contribution in [0.2, 0.25) is 5.02 Å². The van der Waals surface area contributed by atoms with Gasteiger partial charge in [0, 0.05) is 35.0 Å². The Balaban J connectivity index is 1.47. The van der Waals surface area contributed by atoms with Crippen LogP contribution in [0.5, 0.6) is 17.2 Å². The van der Waals surface area contributed by atoms with E-state index in [2.05, 4.69) is 5.32 Å². The van der Waals surface area contributed by atoms with Crippen LogP contribution in [0.25, 0.3) is 16.9 Å². The summed E-state index contributed by atoms with van der Waals surface area (Å²) in [4.78, 5) is 33.5. The van der Waals surface area contributed by atoms with Gasteiger partial charge in [0.05, 0.1) is 32.7 Å². The molecule has 1 aromatic heterocycles. The Hall–Kier alpha value is -5.28. The molecule has 0 aliphatic rings. The number of rotatable bonds is 11. The van der Waals surface area contributed by atoms with E-state index >= 15 is 0 Å². The second kappa shape index (κ2) is 13.8. The average molecular weight is 611 g/mol. The quantitative estimate of drug-likeness (QED) is 0.183. The molecule has 0 radical (unpaired) electrons. The van der Waals surface area contributed by atoms with Crippen LogP contribution in [-0.4, -0.2) is 54.1 Å². The maximum absolute atomic E-state index is 13.7. The summed E-state index contributed by atoms with van der Waals surface area (Å²) in [7, 11) is 4.66. The van der Waals surface area contributed by atoms with E-state index in [1.807, 2.05) is 54.7 Å². The van der Waals surface area contributed by atoms with Crippen molar-refractivity contribution in [2.75, 3.05) is 33.2 Å². The summed E-state index contributed by atoms with van der Waals surface area (Å²) >= 11 is 6.11. The molecule has 0 fully saturated rings. The maximum Gasteiger partial charge on any atom is 0.254 e. The van der Waals surface area contributed by atoms with Gasteiger partial charge in [-0.3, -0.25) is 19.5 Å². The molecule has 1 heterocycles. The van der Waals surface area contributed by atoms with Crippen molar-refractivity contribution in [3.8, 4) is 34.2 Å². The summed E-state index contributed by atoms with van der Waals surface area (Å²) in [5.74, 6) is 1.15. The predicted octanol–water partition coefficient (Wildman–Crippen LogP) is 6.50. The fraction of sp³-hybridized carbons (Fsp3) is 0.147. The van der Waals surface area contributed by atoms with E-state index in [0.717, 1.165) is 11.1 Å². The number of imidazole rings is 1. The Morgan fingerprint density at radius 1 is 0.841 bits per heavy atom. The molecule has 0 spiro atoms. The molecule has 0 atom stereocenters. The third-order valence-corrected chi connectivity index (χ3v) is 7.15. The van der Waals surface area contributed by atoms with Crippen LogP contribution in [0.15, 0.2) is 103 Å². The molecule has 5 aromatic rings. The van der Waals surface area contributed by atoms with Gasteiger partial charge in [-0.1, -0.05) is 60.1 Å².